The lowest BCUT2D eigenvalue weighted by molar-refractivity contribution is -0.0642. The number of hydrogen-bond donors (Lipinski definition) is 1. The zero-order valence-electron chi connectivity index (χ0n) is 14.9. The normalized spacial score (nSPS) is 24.2. The Morgan fingerprint density at radius 2 is 1.76 bits per heavy atom. The molecule has 2 aromatic carbocycles. The standard InChI is InChI=1S/C22H27NO2/c1-2-3-15-23-16-14-22(25,19-12-8-5-9-13-19)20(17-23)21(24)18-10-6-4-7-11-18/h4-13,20,25H,2-3,14-17H2,1H3/t20-,22-/m1/s1. The van der Waals surface area contributed by atoms with Gasteiger partial charge in [0.25, 0.3) is 0 Å². The highest BCUT2D eigenvalue weighted by Gasteiger charge is 2.46. The zero-order chi connectivity index (χ0) is 17.7. The fraction of sp³-hybridized carbons (Fsp3) is 0.409. The van der Waals surface area contributed by atoms with E-state index in [1.54, 1.807) is 0 Å². The van der Waals surface area contributed by atoms with Crippen molar-refractivity contribution in [3.05, 3.63) is 71.8 Å². The monoisotopic (exact) mass is 337 g/mol. The molecule has 2 atom stereocenters. The Balaban J connectivity index is 1.92. The Labute approximate surface area is 150 Å². The Kier molecular flexibility index (Phi) is 5.67. The van der Waals surface area contributed by atoms with Crippen molar-refractivity contribution >= 4 is 5.78 Å². The summed E-state index contributed by atoms with van der Waals surface area (Å²) in [5, 5.41) is 11.5. The molecule has 0 amide bonds. The second-order valence-corrected chi connectivity index (χ2v) is 6.98. The van der Waals surface area contributed by atoms with Crippen molar-refractivity contribution in [2.24, 2.45) is 5.92 Å². The first-order valence-electron chi connectivity index (χ1n) is 9.24. The van der Waals surface area contributed by atoms with Crippen molar-refractivity contribution in [3.8, 4) is 0 Å². The lowest BCUT2D eigenvalue weighted by atomic mass is 9.72. The van der Waals surface area contributed by atoms with Gasteiger partial charge in [-0.05, 0) is 24.9 Å². The lowest BCUT2D eigenvalue weighted by Gasteiger charge is -2.44. The van der Waals surface area contributed by atoms with Gasteiger partial charge < -0.3 is 10.0 Å². The van der Waals surface area contributed by atoms with Gasteiger partial charge in [-0.2, -0.15) is 0 Å². The van der Waals surface area contributed by atoms with Gasteiger partial charge in [-0.15, -0.1) is 0 Å². The Morgan fingerprint density at radius 1 is 1.12 bits per heavy atom. The number of piperidine rings is 1. The minimum Gasteiger partial charge on any atom is -0.384 e. The van der Waals surface area contributed by atoms with E-state index in [1.807, 2.05) is 60.7 Å². The second kappa shape index (κ2) is 7.94. The molecule has 0 aromatic heterocycles. The van der Waals surface area contributed by atoms with Crippen LogP contribution in [0.5, 0.6) is 0 Å². The van der Waals surface area contributed by atoms with Gasteiger partial charge in [0, 0.05) is 18.7 Å². The van der Waals surface area contributed by atoms with E-state index in [0.29, 0.717) is 18.5 Å². The first kappa shape index (κ1) is 17.8. The molecule has 1 heterocycles. The van der Waals surface area contributed by atoms with Crippen LogP contribution < -0.4 is 0 Å². The molecule has 1 aliphatic heterocycles. The van der Waals surface area contributed by atoms with Crippen molar-refractivity contribution < 1.29 is 9.90 Å². The predicted octanol–water partition coefficient (Wildman–Crippen LogP) is 3.88. The first-order chi connectivity index (χ1) is 12.1. The molecule has 1 aliphatic rings. The van der Waals surface area contributed by atoms with E-state index in [4.69, 9.17) is 0 Å². The number of hydrogen-bond acceptors (Lipinski definition) is 3. The molecule has 3 rings (SSSR count). The summed E-state index contributed by atoms with van der Waals surface area (Å²) in [5.74, 6) is -0.406. The number of unbranched alkanes of at least 4 members (excludes halogenated alkanes) is 1. The molecule has 132 valence electrons. The Hall–Kier alpha value is -1.97. The molecule has 2 aromatic rings. The van der Waals surface area contributed by atoms with Crippen LogP contribution >= 0.6 is 0 Å². The van der Waals surface area contributed by atoms with E-state index in [9.17, 15) is 9.90 Å². The molecule has 0 saturated carbocycles. The quantitative estimate of drug-likeness (QED) is 0.813. The van der Waals surface area contributed by atoms with E-state index in [0.717, 1.165) is 31.5 Å². The summed E-state index contributed by atoms with van der Waals surface area (Å²) < 4.78 is 0. The van der Waals surface area contributed by atoms with E-state index in [1.165, 1.54) is 0 Å². The van der Waals surface area contributed by atoms with E-state index in [-0.39, 0.29) is 5.78 Å². The maximum absolute atomic E-state index is 13.2. The average Bonchev–Trinajstić information content (AvgIpc) is 2.68. The highest BCUT2D eigenvalue weighted by atomic mass is 16.3. The Bertz CT molecular complexity index is 686. The van der Waals surface area contributed by atoms with Crippen LogP contribution in [0.1, 0.15) is 42.1 Å². The van der Waals surface area contributed by atoms with Crippen LogP contribution in [0, 0.1) is 5.92 Å². The van der Waals surface area contributed by atoms with Gasteiger partial charge in [-0.1, -0.05) is 74.0 Å². The minimum atomic E-state index is -1.10. The third-order valence-electron chi connectivity index (χ3n) is 5.30. The summed E-state index contributed by atoms with van der Waals surface area (Å²) in [7, 11) is 0. The van der Waals surface area contributed by atoms with Gasteiger partial charge in [0.1, 0.15) is 5.60 Å². The molecule has 3 heteroatoms. The third-order valence-corrected chi connectivity index (χ3v) is 5.30. The SMILES string of the molecule is CCCCN1CC[C@@](O)(c2ccccc2)[C@@H](C(=O)c2ccccc2)C1. The fourth-order valence-electron chi connectivity index (χ4n) is 3.76. The molecule has 0 aliphatic carbocycles. The van der Waals surface area contributed by atoms with Crippen molar-refractivity contribution in [2.75, 3.05) is 19.6 Å². The molecule has 0 bridgehead atoms. The van der Waals surface area contributed by atoms with Crippen LogP contribution in [-0.2, 0) is 5.60 Å². The summed E-state index contributed by atoms with van der Waals surface area (Å²) in [4.78, 5) is 15.5. The van der Waals surface area contributed by atoms with E-state index < -0.39 is 11.5 Å². The van der Waals surface area contributed by atoms with E-state index >= 15 is 0 Å². The first-order valence-corrected chi connectivity index (χ1v) is 9.24. The van der Waals surface area contributed by atoms with Gasteiger partial charge in [0.15, 0.2) is 5.78 Å². The van der Waals surface area contributed by atoms with Crippen molar-refractivity contribution in [2.45, 2.75) is 31.8 Å². The highest BCUT2D eigenvalue weighted by Crippen LogP contribution is 2.39. The summed E-state index contributed by atoms with van der Waals surface area (Å²) in [6.45, 7) is 4.60. The third kappa shape index (κ3) is 3.83. The Morgan fingerprint density at radius 3 is 2.40 bits per heavy atom. The van der Waals surface area contributed by atoms with Gasteiger partial charge in [-0.3, -0.25) is 4.79 Å². The number of ketones is 1. The second-order valence-electron chi connectivity index (χ2n) is 6.98. The topological polar surface area (TPSA) is 40.5 Å². The summed E-state index contributed by atoms with van der Waals surface area (Å²) in [5.41, 5.74) is 0.426. The van der Waals surface area contributed by atoms with Crippen molar-refractivity contribution in [3.63, 3.8) is 0 Å². The van der Waals surface area contributed by atoms with E-state index in [2.05, 4.69) is 11.8 Å². The molecule has 1 N–H and O–H groups in total. The largest absolute Gasteiger partial charge is 0.384 e. The van der Waals surface area contributed by atoms with Crippen LogP contribution in [0.3, 0.4) is 0 Å². The van der Waals surface area contributed by atoms with Gasteiger partial charge in [0.2, 0.25) is 0 Å². The molecular weight excluding hydrogens is 310 g/mol. The highest BCUT2D eigenvalue weighted by molar-refractivity contribution is 5.98. The smallest absolute Gasteiger partial charge is 0.170 e. The van der Waals surface area contributed by atoms with Crippen LogP contribution in [-0.4, -0.2) is 35.4 Å². The molecule has 0 unspecified atom stereocenters. The van der Waals surface area contributed by atoms with Crippen molar-refractivity contribution in [1.82, 2.24) is 4.90 Å². The van der Waals surface area contributed by atoms with Crippen LogP contribution in [0.25, 0.3) is 0 Å². The molecule has 1 fully saturated rings. The number of carbonyl (C=O) groups is 1. The number of benzene rings is 2. The fourth-order valence-corrected chi connectivity index (χ4v) is 3.76. The van der Waals surface area contributed by atoms with Gasteiger partial charge in [0.05, 0.1) is 5.92 Å². The molecule has 3 nitrogen and oxygen atoms in total. The lowest BCUT2D eigenvalue weighted by Crippen LogP contribution is -2.53. The summed E-state index contributed by atoms with van der Waals surface area (Å²) >= 11 is 0. The van der Waals surface area contributed by atoms with Crippen LogP contribution in [0.2, 0.25) is 0 Å². The van der Waals surface area contributed by atoms with Crippen LogP contribution in [0.15, 0.2) is 60.7 Å². The number of aliphatic hydroxyl groups is 1. The van der Waals surface area contributed by atoms with Crippen molar-refractivity contribution in [1.29, 1.82) is 0 Å². The number of rotatable bonds is 6. The number of Topliss-reactive ketones (excluding diaryl/α,β-unsaturated/α-hetero) is 1. The maximum Gasteiger partial charge on any atom is 0.170 e. The zero-order valence-corrected chi connectivity index (χ0v) is 14.9. The summed E-state index contributed by atoms with van der Waals surface area (Å²) in [6.07, 6.45) is 2.84. The minimum absolute atomic E-state index is 0.0353. The molecule has 1 saturated heterocycles. The number of carbonyl (C=O) groups excluding carboxylic acids is 1. The van der Waals surface area contributed by atoms with Gasteiger partial charge in [-0.25, -0.2) is 0 Å². The molecule has 0 spiro atoms. The maximum atomic E-state index is 13.2. The van der Waals surface area contributed by atoms with Crippen LogP contribution in [0.4, 0.5) is 0 Å². The molecular formula is C22H27NO2. The molecule has 0 radical (unpaired) electrons. The number of likely N-dealkylation sites (tertiary alicyclic amines) is 1. The predicted molar refractivity (Wildman–Crippen MR) is 101 cm³/mol. The summed E-state index contributed by atoms with van der Waals surface area (Å²) in [6, 6.07) is 19.0. The molecule has 25 heavy (non-hydrogen) atoms. The van der Waals surface area contributed by atoms with Gasteiger partial charge >= 0.3 is 0 Å². The number of nitrogens with zero attached hydrogens (tertiary/aromatic N) is 1. The average molecular weight is 337 g/mol.